The van der Waals surface area contributed by atoms with Gasteiger partial charge in [0, 0.05) is 25.9 Å². The number of benzene rings is 1. The standard InChI is InChI=1S/C15H20O3/c16-13(7-6-12-4-2-1-3-5-12)10-15-11-14(17)8-9-18-15/h1-5,14-15,17H,6-11H2. The van der Waals surface area contributed by atoms with E-state index in [4.69, 9.17) is 4.74 Å². The monoisotopic (exact) mass is 248 g/mol. The molecule has 1 aromatic rings. The van der Waals surface area contributed by atoms with Crippen LogP contribution in [0, 0.1) is 0 Å². The maximum absolute atomic E-state index is 11.8. The average Bonchev–Trinajstić information content (AvgIpc) is 2.38. The third kappa shape index (κ3) is 4.24. The van der Waals surface area contributed by atoms with Crippen LogP contribution in [0.3, 0.4) is 0 Å². The second kappa shape index (κ2) is 6.66. The van der Waals surface area contributed by atoms with Crippen molar-refractivity contribution in [3.05, 3.63) is 35.9 Å². The van der Waals surface area contributed by atoms with Gasteiger partial charge in [-0.25, -0.2) is 0 Å². The van der Waals surface area contributed by atoms with E-state index in [2.05, 4.69) is 0 Å². The molecular formula is C15H20O3. The Labute approximate surface area is 108 Å². The molecule has 0 amide bonds. The summed E-state index contributed by atoms with van der Waals surface area (Å²) in [5.41, 5.74) is 1.19. The Bertz CT molecular complexity index is 375. The molecule has 1 fully saturated rings. The molecule has 0 spiro atoms. The van der Waals surface area contributed by atoms with Crippen LogP contribution in [0.2, 0.25) is 0 Å². The van der Waals surface area contributed by atoms with Gasteiger partial charge in [0.15, 0.2) is 0 Å². The summed E-state index contributed by atoms with van der Waals surface area (Å²) >= 11 is 0. The molecule has 2 unspecified atom stereocenters. The Morgan fingerprint density at radius 1 is 1.33 bits per heavy atom. The van der Waals surface area contributed by atoms with Gasteiger partial charge in [0.2, 0.25) is 0 Å². The van der Waals surface area contributed by atoms with Gasteiger partial charge in [-0.1, -0.05) is 30.3 Å². The maximum atomic E-state index is 11.8. The number of aryl methyl sites for hydroxylation is 1. The lowest BCUT2D eigenvalue weighted by molar-refractivity contribution is -0.124. The van der Waals surface area contributed by atoms with E-state index in [9.17, 15) is 9.90 Å². The molecule has 0 bridgehead atoms. The van der Waals surface area contributed by atoms with E-state index in [1.54, 1.807) is 0 Å². The first-order chi connectivity index (χ1) is 8.74. The highest BCUT2D eigenvalue weighted by Crippen LogP contribution is 2.17. The van der Waals surface area contributed by atoms with E-state index in [-0.39, 0.29) is 18.0 Å². The van der Waals surface area contributed by atoms with Gasteiger partial charge in [-0.2, -0.15) is 0 Å². The van der Waals surface area contributed by atoms with Crippen LogP contribution in [0.15, 0.2) is 30.3 Å². The second-order valence-corrected chi connectivity index (χ2v) is 4.90. The summed E-state index contributed by atoms with van der Waals surface area (Å²) < 4.78 is 5.49. The normalized spacial score (nSPS) is 23.8. The molecule has 1 saturated heterocycles. The quantitative estimate of drug-likeness (QED) is 0.868. The lowest BCUT2D eigenvalue weighted by Gasteiger charge is -2.25. The van der Waals surface area contributed by atoms with Gasteiger partial charge in [-0.3, -0.25) is 4.79 Å². The number of Topliss-reactive ketones (excluding diaryl/α,β-unsaturated/α-hetero) is 1. The van der Waals surface area contributed by atoms with Gasteiger partial charge in [0.1, 0.15) is 5.78 Å². The van der Waals surface area contributed by atoms with Crippen molar-refractivity contribution >= 4 is 5.78 Å². The van der Waals surface area contributed by atoms with Crippen LogP contribution in [-0.2, 0) is 16.0 Å². The molecule has 18 heavy (non-hydrogen) atoms. The largest absolute Gasteiger partial charge is 0.393 e. The number of aliphatic hydroxyl groups is 1. The molecule has 2 rings (SSSR count). The van der Waals surface area contributed by atoms with E-state index in [0.717, 1.165) is 6.42 Å². The predicted molar refractivity (Wildman–Crippen MR) is 69.4 cm³/mol. The topological polar surface area (TPSA) is 46.5 Å². The minimum atomic E-state index is -0.300. The second-order valence-electron chi connectivity index (χ2n) is 4.90. The molecule has 2 atom stereocenters. The van der Waals surface area contributed by atoms with Gasteiger partial charge in [0.25, 0.3) is 0 Å². The van der Waals surface area contributed by atoms with Gasteiger partial charge in [-0.15, -0.1) is 0 Å². The summed E-state index contributed by atoms with van der Waals surface area (Å²) in [4.78, 5) is 11.8. The van der Waals surface area contributed by atoms with Crippen LogP contribution in [-0.4, -0.2) is 29.7 Å². The summed E-state index contributed by atoms with van der Waals surface area (Å²) in [5.74, 6) is 0.220. The first kappa shape index (κ1) is 13.2. The zero-order valence-electron chi connectivity index (χ0n) is 10.5. The van der Waals surface area contributed by atoms with E-state index in [0.29, 0.717) is 32.3 Å². The molecule has 1 N–H and O–H groups in total. The number of hydrogen-bond acceptors (Lipinski definition) is 3. The molecule has 3 nitrogen and oxygen atoms in total. The molecule has 1 aromatic carbocycles. The highest BCUT2D eigenvalue weighted by Gasteiger charge is 2.22. The van der Waals surface area contributed by atoms with Crippen LogP contribution < -0.4 is 0 Å². The van der Waals surface area contributed by atoms with Crippen molar-refractivity contribution < 1.29 is 14.6 Å². The zero-order valence-corrected chi connectivity index (χ0v) is 10.5. The van der Waals surface area contributed by atoms with Gasteiger partial charge in [-0.05, 0) is 18.4 Å². The van der Waals surface area contributed by atoms with Crippen LogP contribution in [0.1, 0.15) is 31.2 Å². The molecule has 98 valence electrons. The third-order valence-electron chi connectivity index (χ3n) is 3.33. The predicted octanol–water partition coefficient (Wildman–Crippen LogP) is 2.12. The smallest absolute Gasteiger partial charge is 0.135 e. The van der Waals surface area contributed by atoms with Crippen molar-refractivity contribution in [3.8, 4) is 0 Å². The Balaban J connectivity index is 1.72. The molecule has 1 aliphatic rings. The van der Waals surface area contributed by atoms with Crippen LogP contribution in [0.25, 0.3) is 0 Å². The van der Waals surface area contributed by atoms with E-state index in [1.807, 2.05) is 30.3 Å². The lowest BCUT2D eigenvalue weighted by Crippen LogP contribution is -2.30. The van der Waals surface area contributed by atoms with Crippen molar-refractivity contribution in [2.75, 3.05) is 6.61 Å². The Morgan fingerprint density at radius 2 is 2.11 bits per heavy atom. The maximum Gasteiger partial charge on any atom is 0.135 e. The van der Waals surface area contributed by atoms with Crippen LogP contribution in [0.4, 0.5) is 0 Å². The number of ether oxygens (including phenoxy) is 1. The number of hydrogen-bond donors (Lipinski definition) is 1. The number of carbonyl (C=O) groups excluding carboxylic acids is 1. The SMILES string of the molecule is O=C(CCc1ccccc1)CC1CC(O)CCO1. The molecule has 0 aliphatic carbocycles. The minimum absolute atomic E-state index is 0.0861. The van der Waals surface area contributed by atoms with Crippen LogP contribution >= 0.6 is 0 Å². The fraction of sp³-hybridized carbons (Fsp3) is 0.533. The molecule has 1 heterocycles. The van der Waals surface area contributed by atoms with Crippen molar-refractivity contribution in [2.45, 2.75) is 44.3 Å². The summed E-state index contributed by atoms with van der Waals surface area (Å²) in [6.07, 6.45) is 2.67. The lowest BCUT2D eigenvalue weighted by atomic mass is 9.99. The number of rotatable bonds is 5. The number of carbonyl (C=O) groups is 1. The van der Waals surface area contributed by atoms with Gasteiger partial charge >= 0.3 is 0 Å². The molecular weight excluding hydrogens is 228 g/mol. The van der Waals surface area contributed by atoms with Crippen molar-refractivity contribution in [1.29, 1.82) is 0 Å². The molecule has 0 aromatic heterocycles. The molecule has 1 aliphatic heterocycles. The molecule has 0 radical (unpaired) electrons. The first-order valence-electron chi connectivity index (χ1n) is 6.59. The molecule has 3 heteroatoms. The van der Waals surface area contributed by atoms with Gasteiger partial charge in [0.05, 0.1) is 12.2 Å². The summed E-state index contributed by atoms with van der Waals surface area (Å²) in [5, 5.41) is 9.51. The third-order valence-corrected chi connectivity index (χ3v) is 3.33. The molecule has 0 saturated carbocycles. The summed E-state index contributed by atoms with van der Waals surface area (Å²) in [6.45, 7) is 0.567. The minimum Gasteiger partial charge on any atom is -0.393 e. The summed E-state index contributed by atoms with van der Waals surface area (Å²) in [7, 11) is 0. The Hall–Kier alpha value is -1.19. The van der Waals surface area contributed by atoms with E-state index in [1.165, 1.54) is 5.56 Å². The fourth-order valence-electron chi connectivity index (χ4n) is 2.29. The van der Waals surface area contributed by atoms with E-state index < -0.39 is 0 Å². The fourth-order valence-corrected chi connectivity index (χ4v) is 2.29. The van der Waals surface area contributed by atoms with Gasteiger partial charge < -0.3 is 9.84 Å². The highest BCUT2D eigenvalue weighted by atomic mass is 16.5. The van der Waals surface area contributed by atoms with Crippen molar-refractivity contribution in [1.82, 2.24) is 0 Å². The number of aliphatic hydroxyl groups excluding tert-OH is 1. The van der Waals surface area contributed by atoms with Crippen molar-refractivity contribution in [3.63, 3.8) is 0 Å². The highest BCUT2D eigenvalue weighted by molar-refractivity contribution is 5.79. The van der Waals surface area contributed by atoms with E-state index >= 15 is 0 Å². The first-order valence-corrected chi connectivity index (χ1v) is 6.59. The zero-order chi connectivity index (χ0) is 12.8. The summed E-state index contributed by atoms with van der Waals surface area (Å²) in [6, 6.07) is 10.0. The number of ketones is 1. The Morgan fingerprint density at radius 3 is 2.83 bits per heavy atom. The Kier molecular flexibility index (Phi) is 4.90. The van der Waals surface area contributed by atoms with Crippen molar-refractivity contribution in [2.24, 2.45) is 0 Å². The van der Waals surface area contributed by atoms with Crippen LogP contribution in [0.5, 0.6) is 0 Å². The average molecular weight is 248 g/mol.